The minimum atomic E-state index is -0.818. The molecule has 1 aliphatic rings. The molecular weight excluding hydrogens is 244 g/mol. The molecule has 2 N–H and O–H groups in total. The standard InChI is InChI=1S/C11H19BrO2/c1-2-9(13)11(14)10(12)8-6-4-3-5-7-8/h2,8-11,13-14H,1,3-7H2/t9-,10-,11+/m1/s1. The van der Waals surface area contributed by atoms with Gasteiger partial charge in [-0.15, -0.1) is 6.58 Å². The molecule has 0 amide bonds. The van der Waals surface area contributed by atoms with E-state index in [1.165, 1.54) is 25.3 Å². The summed E-state index contributed by atoms with van der Waals surface area (Å²) < 4.78 is 0. The first kappa shape index (κ1) is 12.2. The molecule has 1 aliphatic carbocycles. The fourth-order valence-corrected chi connectivity index (χ4v) is 2.90. The van der Waals surface area contributed by atoms with Crippen LogP contribution in [0.3, 0.4) is 0 Å². The lowest BCUT2D eigenvalue weighted by Crippen LogP contribution is -2.37. The average Bonchev–Trinajstić information content (AvgIpc) is 2.27. The Morgan fingerprint density at radius 3 is 2.29 bits per heavy atom. The Morgan fingerprint density at radius 2 is 1.79 bits per heavy atom. The van der Waals surface area contributed by atoms with Gasteiger partial charge in [-0.2, -0.15) is 0 Å². The Kier molecular flexibility index (Phi) is 5.13. The SMILES string of the molecule is C=C[C@@H](O)[C@H](O)[C@H](Br)C1CCCCC1. The Morgan fingerprint density at radius 1 is 1.21 bits per heavy atom. The molecule has 3 atom stereocenters. The first-order chi connectivity index (χ1) is 6.66. The Balaban J connectivity index is 2.45. The Hall–Kier alpha value is 0.140. The normalized spacial score (nSPS) is 25.4. The van der Waals surface area contributed by atoms with Crippen LogP contribution in [0.15, 0.2) is 12.7 Å². The lowest BCUT2D eigenvalue weighted by molar-refractivity contribution is 0.0348. The summed E-state index contributed by atoms with van der Waals surface area (Å²) in [6, 6.07) is 0. The second kappa shape index (κ2) is 5.89. The molecule has 2 nitrogen and oxygen atoms in total. The monoisotopic (exact) mass is 262 g/mol. The molecule has 0 unspecified atom stereocenters. The van der Waals surface area contributed by atoms with Crippen LogP contribution in [0.1, 0.15) is 32.1 Å². The van der Waals surface area contributed by atoms with Crippen LogP contribution < -0.4 is 0 Å². The highest BCUT2D eigenvalue weighted by Crippen LogP contribution is 2.32. The largest absolute Gasteiger partial charge is 0.389 e. The van der Waals surface area contributed by atoms with Crippen LogP contribution in [0.4, 0.5) is 0 Å². The van der Waals surface area contributed by atoms with E-state index in [-0.39, 0.29) is 4.83 Å². The molecule has 1 fully saturated rings. The molecule has 0 spiro atoms. The van der Waals surface area contributed by atoms with Gasteiger partial charge < -0.3 is 10.2 Å². The summed E-state index contributed by atoms with van der Waals surface area (Å²) in [5.74, 6) is 0.494. The van der Waals surface area contributed by atoms with E-state index in [0.717, 1.165) is 12.8 Å². The van der Waals surface area contributed by atoms with Crippen molar-refractivity contribution in [3.8, 4) is 0 Å². The second-order valence-corrected chi connectivity index (χ2v) is 5.12. The van der Waals surface area contributed by atoms with E-state index >= 15 is 0 Å². The number of rotatable bonds is 4. The molecule has 0 aromatic heterocycles. The predicted octanol–water partition coefficient (Wildman–Crippen LogP) is 2.24. The molecule has 82 valence electrons. The van der Waals surface area contributed by atoms with Gasteiger partial charge in [0.2, 0.25) is 0 Å². The van der Waals surface area contributed by atoms with Crippen LogP contribution in [-0.2, 0) is 0 Å². The van der Waals surface area contributed by atoms with E-state index in [9.17, 15) is 10.2 Å². The fourth-order valence-electron chi connectivity index (χ4n) is 2.06. The second-order valence-electron chi connectivity index (χ2n) is 4.06. The van der Waals surface area contributed by atoms with Gasteiger partial charge in [-0.05, 0) is 18.8 Å². The van der Waals surface area contributed by atoms with Gasteiger partial charge in [0.25, 0.3) is 0 Å². The van der Waals surface area contributed by atoms with Crippen molar-refractivity contribution in [1.82, 2.24) is 0 Å². The minimum absolute atomic E-state index is 0.00389. The maximum atomic E-state index is 9.77. The van der Waals surface area contributed by atoms with Crippen molar-refractivity contribution in [2.45, 2.75) is 49.1 Å². The van der Waals surface area contributed by atoms with Gasteiger partial charge in [0.15, 0.2) is 0 Å². The number of aliphatic hydroxyl groups is 2. The van der Waals surface area contributed by atoms with E-state index in [1.54, 1.807) is 0 Å². The van der Waals surface area contributed by atoms with E-state index < -0.39 is 12.2 Å². The van der Waals surface area contributed by atoms with Gasteiger partial charge >= 0.3 is 0 Å². The predicted molar refractivity (Wildman–Crippen MR) is 61.5 cm³/mol. The van der Waals surface area contributed by atoms with Crippen LogP contribution in [0.2, 0.25) is 0 Å². The van der Waals surface area contributed by atoms with Crippen molar-refractivity contribution in [3.05, 3.63) is 12.7 Å². The number of aliphatic hydroxyl groups excluding tert-OH is 2. The van der Waals surface area contributed by atoms with Crippen LogP contribution in [0.25, 0.3) is 0 Å². The molecule has 3 heteroatoms. The molecule has 0 saturated heterocycles. The van der Waals surface area contributed by atoms with Crippen molar-refractivity contribution in [2.75, 3.05) is 0 Å². The lowest BCUT2D eigenvalue weighted by Gasteiger charge is -2.30. The van der Waals surface area contributed by atoms with Gasteiger partial charge in [-0.25, -0.2) is 0 Å². The fraction of sp³-hybridized carbons (Fsp3) is 0.818. The highest BCUT2D eigenvalue weighted by atomic mass is 79.9. The van der Waals surface area contributed by atoms with Crippen molar-refractivity contribution < 1.29 is 10.2 Å². The van der Waals surface area contributed by atoms with Crippen LogP contribution >= 0.6 is 15.9 Å². The topological polar surface area (TPSA) is 40.5 Å². The van der Waals surface area contributed by atoms with E-state index in [2.05, 4.69) is 22.5 Å². The van der Waals surface area contributed by atoms with Gasteiger partial charge in [-0.1, -0.05) is 41.3 Å². The molecule has 14 heavy (non-hydrogen) atoms. The summed E-state index contributed by atoms with van der Waals surface area (Å²) in [4.78, 5) is -0.00389. The zero-order valence-electron chi connectivity index (χ0n) is 8.40. The maximum Gasteiger partial charge on any atom is 0.0988 e. The quantitative estimate of drug-likeness (QED) is 0.603. The highest BCUT2D eigenvalue weighted by molar-refractivity contribution is 9.09. The third-order valence-corrected chi connectivity index (χ3v) is 4.31. The summed E-state index contributed by atoms with van der Waals surface area (Å²) in [6.07, 6.45) is 5.93. The number of hydrogen-bond donors (Lipinski definition) is 2. The smallest absolute Gasteiger partial charge is 0.0988 e. The Bertz CT molecular complexity index is 178. The minimum Gasteiger partial charge on any atom is -0.389 e. The van der Waals surface area contributed by atoms with Crippen molar-refractivity contribution >= 4 is 15.9 Å². The third-order valence-electron chi connectivity index (χ3n) is 3.02. The zero-order chi connectivity index (χ0) is 10.6. The van der Waals surface area contributed by atoms with E-state index in [4.69, 9.17) is 0 Å². The molecule has 1 rings (SSSR count). The maximum absolute atomic E-state index is 9.77. The molecule has 0 aromatic rings. The zero-order valence-corrected chi connectivity index (χ0v) is 9.99. The molecule has 0 radical (unpaired) electrons. The summed E-state index contributed by atoms with van der Waals surface area (Å²) in [7, 11) is 0. The van der Waals surface area contributed by atoms with Crippen LogP contribution in [0, 0.1) is 5.92 Å². The van der Waals surface area contributed by atoms with E-state index in [0.29, 0.717) is 5.92 Å². The summed E-state index contributed by atoms with van der Waals surface area (Å²) in [5.41, 5.74) is 0. The molecule has 0 aliphatic heterocycles. The van der Waals surface area contributed by atoms with Crippen molar-refractivity contribution in [2.24, 2.45) is 5.92 Å². The molecule has 1 saturated carbocycles. The molecular formula is C11H19BrO2. The van der Waals surface area contributed by atoms with E-state index in [1.807, 2.05) is 0 Å². The first-order valence-corrected chi connectivity index (χ1v) is 6.21. The summed E-state index contributed by atoms with van der Waals surface area (Å²) >= 11 is 3.49. The van der Waals surface area contributed by atoms with Gasteiger partial charge in [0.1, 0.15) is 0 Å². The Labute approximate surface area is 94.1 Å². The third kappa shape index (κ3) is 3.07. The number of halogens is 1. The number of hydrogen-bond acceptors (Lipinski definition) is 2. The lowest BCUT2D eigenvalue weighted by atomic mass is 9.84. The van der Waals surface area contributed by atoms with Gasteiger partial charge in [-0.3, -0.25) is 0 Å². The number of alkyl halides is 1. The molecule has 0 heterocycles. The summed E-state index contributed by atoms with van der Waals surface area (Å²) in [5, 5.41) is 19.2. The molecule has 0 bridgehead atoms. The van der Waals surface area contributed by atoms with Gasteiger partial charge in [0, 0.05) is 4.83 Å². The first-order valence-electron chi connectivity index (χ1n) is 5.29. The average molecular weight is 263 g/mol. The van der Waals surface area contributed by atoms with Crippen LogP contribution in [-0.4, -0.2) is 27.2 Å². The van der Waals surface area contributed by atoms with Crippen LogP contribution in [0.5, 0.6) is 0 Å². The summed E-state index contributed by atoms with van der Waals surface area (Å²) in [6.45, 7) is 3.48. The van der Waals surface area contributed by atoms with Crippen molar-refractivity contribution in [1.29, 1.82) is 0 Å². The molecule has 0 aromatic carbocycles. The van der Waals surface area contributed by atoms with Crippen molar-refractivity contribution in [3.63, 3.8) is 0 Å². The van der Waals surface area contributed by atoms with Gasteiger partial charge in [0.05, 0.1) is 12.2 Å². The highest BCUT2D eigenvalue weighted by Gasteiger charge is 2.30.